The molecule has 9 heteroatoms. The first-order chi connectivity index (χ1) is 14.0. The van der Waals surface area contributed by atoms with Gasteiger partial charge in [-0.1, -0.05) is 20.8 Å². The molecule has 158 valence electrons. The number of benzene rings is 2. The molecule has 1 heterocycles. The first-order valence-corrected chi connectivity index (χ1v) is 11.6. The normalized spacial score (nSPS) is 13.5. The van der Waals surface area contributed by atoms with Gasteiger partial charge in [0.25, 0.3) is 5.69 Å². The fraction of sp³-hybridized carbons (Fsp3) is 0.238. The van der Waals surface area contributed by atoms with Crippen molar-refractivity contribution in [2.75, 3.05) is 0 Å². The van der Waals surface area contributed by atoms with Crippen LogP contribution in [-0.2, 0) is 0 Å². The smallest absolute Gasteiger partial charge is 0.271 e. The molecule has 3 rings (SSSR count). The molecule has 0 aliphatic rings. The molecule has 30 heavy (non-hydrogen) atoms. The van der Waals surface area contributed by atoms with Crippen molar-refractivity contribution in [3.05, 3.63) is 80.8 Å². The summed E-state index contributed by atoms with van der Waals surface area (Å²) >= 11 is 3.44. The van der Waals surface area contributed by atoms with Crippen molar-refractivity contribution in [3.63, 3.8) is 0 Å². The lowest BCUT2D eigenvalue weighted by molar-refractivity contribution is -0.384. The Hall–Kier alpha value is -2.44. The van der Waals surface area contributed by atoms with Crippen LogP contribution in [0.15, 0.2) is 68.2 Å². The molecule has 0 N–H and O–H groups in total. The number of hydrogen-bond donors (Lipinski definition) is 0. The first-order valence-electron chi connectivity index (χ1n) is 9.10. The van der Waals surface area contributed by atoms with Crippen LogP contribution in [0.1, 0.15) is 26.5 Å². The lowest BCUT2D eigenvalue weighted by Crippen LogP contribution is -2.26. The molecular formula is C21H21BrFN2O4P. The van der Waals surface area contributed by atoms with Crippen molar-refractivity contribution in [1.29, 1.82) is 0 Å². The Labute approximate surface area is 182 Å². The SMILES string of the molecule is Cc1ccc(P(=Nc2cc([N+](=O)[O-])ccc2Br)(Oc2ccc(F)cc2)C(C)(C)C)o1. The zero-order valence-corrected chi connectivity index (χ0v) is 19.4. The van der Waals surface area contributed by atoms with Gasteiger partial charge in [-0.3, -0.25) is 10.1 Å². The fourth-order valence-corrected chi connectivity index (χ4v) is 6.18. The summed E-state index contributed by atoms with van der Waals surface area (Å²) in [5.74, 6) is 0.739. The predicted molar refractivity (Wildman–Crippen MR) is 120 cm³/mol. The van der Waals surface area contributed by atoms with E-state index in [-0.39, 0.29) is 11.5 Å². The summed E-state index contributed by atoms with van der Waals surface area (Å²) in [5.41, 5.74) is 0.834. The van der Waals surface area contributed by atoms with Gasteiger partial charge in [-0.25, -0.2) is 9.14 Å². The van der Waals surface area contributed by atoms with E-state index < -0.39 is 17.4 Å². The van der Waals surface area contributed by atoms with Crippen LogP contribution in [0, 0.1) is 22.9 Å². The van der Waals surface area contributed by atoms with Crippen LogP contribution in [0.25, 0.3) is 0 Å². The van der Waals surface area contributed by atoms with Crippen molar-refractivity contribution >= 4 is 40.1 Å². The second kappa shape index (κ2) is 8.36. The largest absolute Gasteiger partial charge is 0.457 e. The Morgan fingerprint density at radius 1 is 1.13 bits per heavy atom. The second-order valence-corrected chi connectivity index (χ2v) is 11.8. The number of halogens is 2. The predicted octanol–water partition coefficient (Wildman–Crippen LogP) is 7.35. The minimum absolute atomic E-state index is 0.0821. The molecule has 0 amide bonds. The van der Waals surface area contributed by atoms with E-state index in [1.165, 1.54) is 36.4 Å². The quantitative estimate of drug-likeness (QED) is 0.211. The average Bonchev–Trinajstić information content (AvgIpc) is 3.10. The van der Waals surface area contributed by atoms with Crippen LogP contribution in [-0.4, -0.2) is 10.1 Å². The van der Waals surface area contributed by atoms with Crippen molar-refractivity contribution in [2.24, 2.45) is 4.74 Å². The van der Waals surface area contributed by atoms with Gasteiger partial charge in [0.15, 0.2) is 5.50 Å². The maximum atomic E-state index is 13.4. The van der Waals surface area contributed by atoms with Gasteiger partial charge in [0, 0.05) is 21.8 Å². The molecule has 0 radical (unpaired) electrons. The van der Waals surface area contributed by atoms with Gasteiger partial charge in [-0.15, -0.1) is 0 Å². The molecule has 0 saturated heterocycles. The van der Waals surface area contributed by atoms with Crippen LogP contribution < -0.4 is 10.0 Å². The fourth-order valence-electron chi connectivity index (χ4n) is 2.81. The monoisotopic (exact) mass is 494 g/mol. The number of hydrogen-bond acceptors (Lipinski definition) is 5. The Balaban J connectivity index is 2.33. The minimum Gasteiger partial charge on any atom is -0.457 e. The van der Waals surface area contributed by atoms with Crippen molar-refractivity contribution < 1.29 is 18.3 Å². The van der Waals surface area contributed by atoms with Gasteiger partial charge in [0.2, 0.25) is 7.28 Å². The van der Waals surface area contributed by atoms with E-state index in [2.05, 4.69) is 15.9 Å². The molecule has 0 spiro atoms. The van der Waals surface area contributed by atoms with Gasteiger partial charge >= 0.3 is 0 Å². The minimum atomic E-state index is -2.96. The van der Waals surface area contributed by atoms with E-state index in [0.717, 1.165) is 0 Å². The Kier molecular flexibility index (Phi) is 6.20. The van der Waals surface area contributed by atoms with Crippen molar-refractivity contribution in [3.8, 4) is 5.75 Å². The molecule has 0 fully saturated rings. The summed E-state index contributed by atoms with van der Waals surface area (Å²) < 4.78 is 31.4. The lowest BCUT2D eigenvalue weighted by Gasteiger charge is -2.35. The summed E-state index contributed by atoms with van der Waals surface area (Å²) in [7, 11) is -2.96. The van der Waals surface area contributed by atoms with E-state index in [1.807, 2.05) is 39.8 Å². The Bertz CT molecular complexity index is 1140. The zero-order chi connectivity index (χ0) is 22.1. The molecule has 2 aromatic carbocycles. The molecule has 6 nitrogen and oxygen atoms in total. The van der Waals surface area contributed by atoms with Gasteiger partial charge in [0.05, 0.1) is 10.6 Å². The van der Waals surface area contributed by atoms with Crippen molar-refractivity contribution in [2.45, 2.75) is 32.9 Å². The van der Waals surface area contributed by atoms with E-state index in [4.69, 9.17) is 13.7 Å². The summed E-state index contributed by atoms with van der Waals surface area (Å²) in [5, 5.41) is 10.7. The lowest BCUT2D eigenvalue weighted by atomic mass is 10.3. The van der Waals surface area contributed by atoms with Crippen LogP contribution in [0.3, 0.4) is 0 Å². The highest BCUT2D eigenvalue weighted by Gasteiger charge is 2.42. The van der Waals surface area contributed by atoms with Gasteiger partial charge in [-0.2, -0.15) is 0 Å². The van der Waals surface area contributed by atoms with Crippen LogP contribution in [0.5, 0.6) is 5.75 Å². The summed E-state index contributed by atoms with van der Waals surface area (Å²) in [6, 6.07) is 13.7. The van der Waals surface area contributed by atoms with Crippen LogP contribution in [0.4, 0.5) is 15.8 Å². The molecule has 3 aromatic rings. The van der Waals surface area contributed by atoms with Crippen LogP contribution in [0.2, 0.25) is 0 Å². The third-order valence-corrected chi connectivity index (χ3v) is 8.67. The molecular weight excluding hydrogens is 474 g/mol. The summed E-state index contributed by atoms with van der Waals surface area (Å²) in [6.07, 6.45) is 0. The van der Waals surface area contributed by atoms with E-state index in [1.54, 1.807) is 6.07 Å². The van der Waals surface area contributed by atoms with E-state index >= 15 is 0 Å². The molecule has 0 bridgehead atoms. The number of aryl methyl sites for hydroxylation is 1. The first kappa shape index (κ1) is 22.2. The topological polar surface area (TPSA) is 77.9 Å². The molecule has 1 aromatic heterocycles. The van der Waals surface area contributed by atoms with E-state index in [0.29, 0.717) is 27.2 Å². The highest BCUT2D eigenvalue weighted by Crippen LogP contribution is 2.62. The molecule has 1 atom stereocenters. The molecule has 0 aliphatic heterocycles. The maximum Gasteiger partial charge on any atom is 0.271 e. The van der Waals surface area contributed by atoms with Crippen LogP contribution >= 0.6 is 23.2 Å². The van der Waals surface area contributed by atoms with E-state index in [9.17, 15) is 14.5 Å². The second-order valence-electron chi connectivity index (χ2n) is 7.67. The number of non-ortho nitro benzene ring substituents is 1. The third kappa shape index (κ3) is 4.50. The van der Waals surface area contributed by atoms with Crippen molar-refractivity contribution in [1.82, 2.24) is 0 Å². The maximum absolute atomic E-state index is 13.4. The zero-order valence-electron chi connectivity index (χ0n) is 16.9. The summed E-state index contributed by atoms with van der Waals surface area (Å²) in [6.45, 7) is 7.73. The highest BCUT2D eigenvalue weighted by molar-refractivity contribution is 9.10. The number of nitrogens with zero attached hydrogens (tertiary/aromatic N) is 2. The average molecular weight is 495 g/mol. The number of nitro groups is 1. The standard InChI is InChI=1S/C21H21BrFN2O4P/c1-14-5-12-20(28-14)30(21(2,3)4,29-17-9-6-15(23)7-10-17)24-19-13-16(25(26)27)8-11-18(19)22/h5-13H,1-4H3. The molecule has 1 unspecified atom stereocenters. The van der Waals surface area contributed by atoms with Gasteiger partial charge in [0.1, 0.15) is 17.3 Å². The Morgan fingerprint density at radius 3 is 2.33 bits per heavy atom. The highest BCUT2D eigenvalue weighted by atomic mass is 79.9. The number of nitro benzene ring substituents is 1. The van der Waals surface area contributed by atoms with Gasteiger partial charge in [-0.05, 0) is 65.3 Å². The summed E-state index contributed by atoms with van der Waals surface area (Å²) in [4.78, 5) is 10.8. The molecule has 0 aliphatic carbocycles. The number of rotatable bonds is 5. The number of furan rings is 1. The van der Waals surface area contributed by atoms with Gasteiger partial charge < -0.3 is 8.94 Å². The Morgan fingerprint density at radius 2 is 1.80 bits per heavy atom. The molecule has 0 saturated carbocycles. The third-order valence-electron chi connectivity index (χ3n) is 4.37.